The van der Waals surface area contributed by atoms with Gasteiger partial charge in [0.1, 0.15) is 5.65 Å². The lowest BCUT2D eigenvalue weighted by Crippen LogP contribution is -2.25. The van der Waals surface area contributed by atoms with Crippen LogP contribution in [0.5, 0.6) is 0 Å². The number of carbonyl (C=O) groups is 1. The minimum Gasteiger partial charge on any atom is -0.338 e. The Hall–Kier alpha value is -2.65. The zero-order valence-corrected chi connectivity index (χ0v) is 19.2. The van der Waals surface area contributed by atoms with E-state index in [0.29, 0.717) is 29.5 Å². The molecule has 31 heavy (non-hydrogen) atoms. The first-order valence-electron chi connectivity index (χ1n) is 9.97. The van der Waals surface area contributed by atoms with E-state index in [4.69, 9.17) is 11.6 Å². The minimum atomic E-state index is -3.00. The largest absolute Gasteiger partial charge is 0.338 e. The molecule has 0 radical (unpaired) electrons. The second-order valence-electron chi connectivity index (χ2n) is 7.90. The number of hydrogen-bond acceptors (Lipinski definition) is 5. The number of halogens is 1. The number of aryl methyl sites for hydroxylation is 1. The van der Waals surface area contributed by atoms with Crippen molar-refractivity contribution in [2.75, 3.05) is 18.6 Å². The second-order valence-corrected chi connectivity index (χ2v) is 10.5. The average molecular weight is 462 g/mol. The molecule has 4 heterocycles. The van der Waals surface area contributed by atoms with Crippen LogP contribution >= 0.6 is 11.6 Å². The normalized spacial score (nSPS) is 18.3. The Bertz CT molecular complexity index is 1290. The van der Waals surface area contributed by atoms with Crippen molar-refractivity contribution in [3.05, 3.63) is 58.3 Å². The van der Waals surface area contributed by atoms with Crippen molar-refractivity contribution in [2.24, 2.45) is 0 Å². The van der Waals surface area contributed by atoms with Gasteiger partial charge in [-0.05, 0) is 38.5 Å². The second kappa shape index (κ2) is 8.12. The van der Waals surface area contributed by atoms with Crippen LogP contribution in [0.1, 0.15) is 35.1 Å². The highest BCUT2D eigenvalue weighted by molar-refractivity contribution is 7.91. The van der Waals surface area contributed by atoms with E-state index in [1.807, 2.05) is 47.3 Å². The molecule has 1 fully saturated rings. The molecule has 164 valence electrons. The molecule has 0 N–H and O–H groups in total. The highest BCUT2D eigenvalue weighted by Crippen LogP contribution is 2.27. The van der Waals surface area contributed by atoms with Crippen molar-refractivity contribution >= 4 is 39.1 Å². The molecule has 1 atom stereocenters. The topological polar surface area (TPSA) is 89.6 Å². The van der Waals surface area contributed by atoms with Gasteiger partial charge in [-0.15, -0.1) is 0 Å². The summed E-state index contributed by atoms with van der Waals surface area (Å²) in [6, 6.07) is 5.44. The van der Waals surface area contributed by atoms with Crippen molar-refractivity contribution in [1.29, 1.82) is 0 Å². The maximum Gasteiger partial charge on any atom is 0.246 e. The third-order valence-electron chi connectivity index (χ3n) is 5.71. The SMILES string of the molecule is Cc1nn(C2CCS(=O)(=O)C2)c(C)c1CN(C)C(=O)/C=C/c1c(Cl)nc2ccccn12. The van der Waals surface area contributed by atoms with E-state index in [1.54, 1.807) is 18.0 Å². The molecule has 1 saturated heterocycles. The molecule has 0 aromatic carbocycles. The molecule has 3 aromatic heterocycles. The third kappa shape index (κ3) is 4.24. The van der Waals surface area contributed by atoms with Gasteiger partial charge in [-0.1, -0.05) is 17.7 Å². The highest BCUT2D eigenvalue weighted by Gasteiger charge is 2.31. The van der Waals surface area contributed by atoms with Crippen LogP contribution in [0.25, 0.3) is 11.7 Å². The number of amides is 1. The van der Waals surface area contributed by atoms with Gasteiger partial charge in [-0.2, -0.15) is 5.10 Å². The first-order chi connectivity index (χ1) is 14.7. The lowest BCUT2D eigenvalue weighted by molar-refractivity contribution is -0.125. The van der Waals surface area contributed by atoms with Crippen LogP contribution in [-0.4, -0.2) is 56.9 Å². The van der Waals surface area contributed by atoms with E-state index in [9.17, 15) is 13.2 Å². The van der Waals surface area contributed by atoms with Crippen LogP contribution in [0, 0.1) is 13.8 Å². The van der Waals surface area contributed by atoms with E-state index >= 15 is 0 Å². The number of carbonyl (C=O) groups excluding carboxylic acids is 1. The fourth-order valence-electron chi connectivity index (χ4n) is 3.98. The molecular formula is C21H24ClN5O3S. The van der Waals surface area contributed by atoms with E-state index < -0.39 is 9.84 Å². The van der Waals surface area contributed by atoms with Crippen molar-refractivity contribution < 1.29 is 13.2 Å². The number of fused-ring (bicyclic) bond motifs is 1. The summed E-state index contributed by atoms with van der Waals surface area (Å²) in [5, 5.41) is 4.90. The molecular weight excluding hydrogens is 438 g/mol. The first-order valence-corrected chi connectivity index (χ1v) is 12.2. The van der Waals surface area contributed by atoms with Gasteiger partial charge in [-0.25, -0.2) is 13.4 Å². The van der Waals surface area contributed by atoms with Crippen LogP contribution < -0.4 is 0 Å². The van der Waals surface area contributed by atoms with Crippen LogP contribution in [0.4, 0.5) is 0 Å². The molecule has 4 rings (SSSR count). The number of nitrogens with zero attached hydrogens (tertiary/aromatic N) is 5. The molecule has 1 unspecified atom stereocenters. The Kier molecular flexibility index (Phi) is 5.65. The molecule has 1 amide bonds. The van der Waals surface area contributed by atoms with Crippen LogP contribution in [-0.2, 0) is 21.2 Å². The molecule has 0 bridgehead atoms. The van der Waals surface area contributed by atoms with Crippen molar-refractivity contribution in [2.45, 2.75) is 32.9 Å². The lowest BCUT2D eigenvalue weighted by atomic mass is 10.1. The summed E-state index contributed by atoms with van der Waals surface area (Å²) in [6.07, 6.45) is 5.54. The summed E-state index contributed by atoms with van der Waals surface area (Å²) in [4.78, 5) is 18.6. The van der Waals surface area contributed by atoms with Gasteiger partial charge in [-0.3, -0.25) is 13.9 Å². The lowest BCUT2D eigenvalue weighted by Gasteiger charge is -2.16. The van der Waals surface area contributed by atoms with Gasteiger partial charge in [0.2, 0.25) is 5.91 Å². The summed E-state index contributed by atoms with van der Waals surface area (Å²) in [6.45, 7) is 4.18. The number of rotatable bonds is 5. The van der Waals surface area contributed by atoms with Gasteiger partial charge in [0.05, 0.1) is 28.9 Å². The number of sulfone groups is 1. The fraction of sp³-hybridized carbons (Fsp3) is 0.381. The van der Waals surface area contributed by atoms with E-state index in [1.165, 1.54) is 6.08 Å². The Morgan fingerprint density at radius 3 is 2.84 bits per heavy atom. The summed E-state index contributed by atoms with van der Waals surface area (Å²) >= 11 is 6.23. The first kappa shape index (κ1) is 21.6. The zero-order valence-electron chi connectivity index (χ0n) is 17.6. The van der Waals surface area contributed by atoms with Gasteiger partial charge >= 0.3 is 0 Å². The van der Waals surface area contributed by atoms with Crippen LogP contribution in [0.3, 0.4) is 0 Å². The Balaban J connectivity index is 1.50. The number of likely N-dealkylation sites (N-methyl/N-ethyl adjacent to an activating group) is 1. The van der Waals surface area contributed by atoms with Crippen LogP contribution in [0.15, 0.2) is 30.5 Å². The maximum absolute atomic E-state index is 12.7. The zero-order chi connectivity index (χ0) is 22.3. The van der Waals surface area contributed by atoms with Crippen molar-refractivity contribution in [3.8, 4) is 0 Å². The summed E-state index contributed by atoms with van der Waals surface area (Å²) in [5.74, 6) is 0.128. The maximum atomic E-state index is 12.7. The molecule has 0 spiro atoms. The van der Waals surface area contributed by atoms with Gasteiger partial charge in [0.15, 0.2) is 15.0 Å². The van der Waals surface area contributed by atoms with Gasteiger partial charge in [0.25, 0.3) is 0 Å². The summed E-state index contributed by atoms with van der Waals surface area (Å²) in [5.41, 5.74) is 3.98. The summed E-state index contributed by atoms with van der Waals surface area (Å²) < 4.78 is 27.3. The molecule has 0 aliphatic carbocycles. The van der Waals surface area contributed by atoms with E-state index in [-0.39, 0.29) is 23.5 Å². The standard InChI is InChI=1S/C21H24ClN5O3S/c1-14-17(15(2)27(24-14)16-9-11-31(29,30)13-16)12-25(3)20(28)8-7-18-21(22)23-19-6-4-5-10-26(18)19/h4-8,10,16H,9,11-13H2,1-3H3/b8-7+. The van der Waals surface area contributed by atoms with Crippen LogP contribution in [0.2, 0.25) is 5.15 Å². The Morgan fingerprint density at radius 1 is 1.35 bits per heavy atom. The number of aromatic nitrogens is 4. The average Bonchev–Trinajstić information content (AvgIpc) is 3.33. The quantitative estimate of drug-likeness (QED) is 0.545. The fourth-order valence-corrected chi connectivity index (χ4v) is 5.91. The smallest absolute Gasteiger partial charge is 0.246 e. The molecule has 8 nitrogen and oxygen atoms in total. The summed E-state index contributed by atoms with van der Waals surface area (Å²) in [7, 11) is -1.28. The predicted octanol–water partition coefficient (Wildman–Crippen LogP) is 2.83. The molecule has 10 heteroatoms. The van der Waals surface area contributed by atoms with E-state index in [0.717, 1.165) is 17.0 Å². The van der Waals surface area contributed by atoms with Gasteiger partial charge < -0.3 is 4.90 Å². The minimum absolute atomic E-state index is 0.117. The molecule has 3 aromatic rings. The molecule has 1 aliphatic rings. The number of imidazole rings is 1. The van der Waals surface area contributed by atoms with Crippen molar-refractivity contribution in [1.82, 2.24) is 24.1 Å². The molecule has 1 aliphatic heterocycles. The number of pyridine rings is 1. The third-order valence-corrected chi connectivity index (χ3v) is 7.73. The Labute approximate surface area is 186 Å². The molecule has 0 saturated carbocycles. The van der Waals surface area contributed by atoms with E-state index in [2.05, 4.69) is 10.1 Å². The van der Waals surface area contributed by atoms with Crippen molar-refractivity contribution in [3.63, 3.8) is 0 Å². The predicted molar refractivity (Wildman–Crippen MR) is 120 cm³/mol. The Morgan fingerprint density at radius 2 is 2.13 bits per heavy atom. The number of hydrogen-bond donors (Lipinski definition) is 0. The van der Waals surface area contributed by atoms with Gasteiger partial charge in [0, 0.05) is 37.1 Å². The highest BCUT2D eigenvalue weighted by atomic mass is 35.5. The monoisotopic (exact) mass is 461 g/mol.